The lowest BCUT2D eigenvalue weighted by Crippen LogP contribution is -2.15. The zero-order chi connectivity index (χ0) is 25.0. The van der Waals surface area contributed by atoms with Crippen molar-refractivity contribution in [3.05, 3.63) is 94.9 Å². The molecule has 176 valence electrons. The molecule has 4 aromatic heterocycles. The maximum Gasteiger partial charge on any atom is 0.269 e. The molecular formula is C25H16FN7O3. The number of primary amides is 1. The van der Waals surface area contributed by atoms with Crippen molar-refractivity contribution < 1.29 is 13.7 Å². The highest BCUT2D eigenvalue weighted by molar-refractivity contribution is 6.05. The van der Waals surface area contributed by atoms with Crippen LogP contribution < -0.4 is 17.0 Å². The van der Waals surface area contributed by atoms with E-state index in [2.05, 4.69) is 15.2 Å². The number of nitrogen functional groups attached to an aromatic ring is 1. The number of hydrogen-bond acceptors (Lipinski definition) is 7. The van der Waals surface area contributed by atoms with Crippen molar-refractivity contribution in [3.8, 4) is 22.6 Å². The van der Waals surface area contributed by atoms with E-state index in [1.165, 1.54) is 27.6 Å². The molecule has 0 fully saturated rings. The summed E-state index contributed by atoms with van der Waals surface area (Å²) in [6, 6.07) is 16.1. The molecule has 6 rings (SSSR count). The molecule has 0 unspecified atom stereocenters. The van der Waals surface area contributed by atoms with Gasteiger partial charge in [0.25, 0.3) is 11.5 Å². The first kappa shape index (κ1) is 21.2. The fraction of sp³-hybridized carbons (Fsp3) is 0. The molecule has 0 aliphatic rings. The Morgan fingerprint density at radius 2 is 1.83 bits per heavy atom. The lowest BCUT2D eigenvalue weighted by molar-refractivity contribution is 0.0996. The number of carbonyl (C=O) groups excluding carboxylic acids is 1. The zero-order valence-electron chi connectivity index (χ0n) is 18.4. The highest BCUT2D eigenvalue weighted by Gasteiger charge is 2.22. The Morgan fingerprint density at radius 1 is 1.00 bits per heavy atom. The predicted molar refractivity (Wildman–Crippen MR) is 130 cm³/mol. The van der Waals surface area contributed by atoms with Crippen LogP contribution in [0.25, 0.3) is 44.5 Å². The molecule has 10 nitrogen and oxygen atoms in total. The van der Waals surface area contributed by atoms with Crippen LogP contribution in [0.2, 0.25) is 0 Å². The first-order chi connectivity index (χ1) is 17.4. The maximum atomic E-state index is 16.0. The van der Waals surface area contributed by atoms with Gasteiger partial charge < -0.3 is 16.0 Å². The summed E-state index contributed by atoms with van der Waals surface area (Å²) in [5.74, 6) is -1.28. The van der Waals surface area contributed by atoms with Crippen LogP contribution in [-0.2, 0) is 0 Å². The average Bonchev–Trinajstić information content (AvgIpc) is 3.46. The minimum absolute atomic E-state index is 0.0424. The monoisotopic (exact) mass is 481 g/mol. The number of aromatic nitrogens is 5. The van der Waals surface area contributed by atoms with Crippen LogP contribution in [0.4, 0.5) is 10.2 Å². The van der Waals surface area contributed by atoms with E-state index < -0.39 is 11.7 Å². The van der Waals surface area contributed by atoms with Crippen molar-refractivity contribution in [1.82, 2.24) is 24.5 Å². The van der Waals surface area contributed by atoms with E-state index in [9.17, 15) is 9.59 Å². The standard InChI is InChI=1S/C25H16FN7O3/c26-21-15(18-8-4-14(12-29-18)32-10-2-1-3-20(32)34)6-7-16-22(25(28)35)30-33(23(16)21)13-5-9-19-17(11-13)24(27)31-36-19/h1-12H,(H2,27,31)(H2,28,35). The van der Waals surface area contributed by atoms with E-state index >= 15 is 4.39 Å². The number of nitrogens with two attached hydrogens (primary N) is 2. The first-order valence-electron chi connectivity index (χ1n) is 10.7. The van der Waals surface area contributed by atoms with Crippen molar-refractivity contribution in [2.45, 2.75) is 0 Å². The van der Waals surface area contributed by atoms with E-state index in [4.69, 9.17) is 16.0 Å². The molecule has 1 amide bonds. The Morgan fingerprint density at radius 3 is 2.58 bits per heavy atom. The molecule has 36 heavy (non-hydrogen) atoms. The minimum Gasteiger partial charge on any atom is -0.380 e. The SMILES string of the molecule is NC(=O)c1nn(-c2ccc3onc(N)c3c2)c2c(F)c(-c3ccc(-n4ccccc4=O)cn3)ccc12. The summed E-state index contributed by atoms with van der Waals surface area (Å²) >= 11 is 0. The number of fused-ring (bicyclic) bond motifs is 2. The molecule has 0 saturated heterocycles. The molecule has 0 aliphatic heterocycles. The number of halogens is 1. The van der Waals surface area contributed by atoms with Gasteiger partial charge >= 0.3 is 0 Å². The number of pyridine rings is 2. The van der Waals surface area contributed by atoms with Crippen molar-refractivity contribution >= 4 is 33.6 Å². The topological polar surface area (TPSA) is 148 Å². The second-order valence-corrected chi connectivity index (χ2v) is 8.01. The summed E-state index contributed by atoms with van der Waals surface area (Å²) in [6.07, 6.45) is 3.10. The number of hydrogen-bond donors (Lipinski definition) is 2. The van der Waals surface area contributed by atoms with Crippen LogP contribution in [0.15, 0.2) is 82.4 Å². The van der Waals surface area contributed by atoms with Crippen molar-refractivity contribution in [2.24, 2.45) is 5.73 Å². The Kier molecular flexibility index (Phi) is 4.64. The summed E-state index contributed by atoms with van der Waals surface area (Å²) < 4.78 is 23.9. The van der Waals surface area contributed by atoms with E-state index in [1.807, 2.05) is 0 Å². The van der Waals surface area contributed by atoms with Crippen LogP contribution in [0, 0.1) is 5.82 Å². The van der Waals surface area contributed by atoms with Crippen LogP contribution in [0.5, 0.6) is 0 Å². The van der Waals surface area contributed by atoms with Gasteiger partial charge in [0.1, 0.15) is 5.52 Å². The number of rotatable bonds is 4. The molecule has 0 radical (unpaired) electrons. The molecule has 0 bridgehead atoms. The van der Waals surface area contributed by atoms with Gasteiger partial charge in [-0.25, -0.2) is 9.07 Å². The van der Waals surface area contributed by atoms with Crippen molar-refractivity contribution in [3.63, 3.8) is 0 Å². The lowest BCUT2D eigenvalue weighted by Gasteiger charge is -2.09. The van der Waals surface area contributed by atoms with E-state index in [1.54, 1.807) is 54.7 Å². The third-order valence-electron chi connectivity index (χ3n) is 5.87. The van der Waals surface area contributed by atoms with Gasteiger partial charge in [-0.3, -0.25) is 19.1 Å². The summed E-state index contributed by atoms with van der Waals surface area (Å²) in [6.45, 7) is 0. The number of carbonyl (C=O) groups is 1. The number of anilines is 1. The molecule has 4 N–H and O–H groups in total. The molecule has 4 heterocycles. The molecular weight excluding hydrogens is 465 g/mol. The molecule has 2 aromatic carbocycles. The number of nitrogens with zero attached hydrogens (tertiary/aromatic N) is 5. The molecule has 0 saturated carbocycles. The lowest BCUT2D eigenvalue weighted by atomic mass is 10.1. The summed E-state index contributed by atoms with van der Waals surface area (Å²) in [7, 11) is 0. The van der Waals surface area contributed by atoms with Gasteiger partial charge in [0.05, 0.1) is 28.7 Å². The van der Waals surface area contributed by atoms with Crippen LogP contribution in [-0.4, -0.2) is 30.4 Å². The largest absolute Gasteiger partial charge is 0.380 e. The third kappa shape index (κ3) is 3.21. The van der Waals surface area contributed by atoms with E-state index in [-0.39, 0.29) is 33.5 Å². The van der Waals surface area contributed by atoms with Crippen molar-refractivity contribution in [2.75, 3.05) is 5.73 Å². The smallest absolute Gasteiger partial charge is 0.269 e. The highest BCUT2D eigenvalue weighted by Crippen LogP contribution is 2.33. The van der Waals surface area contributed by atoms with E-state index in [0.29, 0.717) is 28.0 Å². The second kappa shape index (κ2) is 7.87. The summed E-state index contributed by atoms with van der Waals surface area (Å²) in [5.41, 5.74) is 13.1. The quantitative estimate of drug-likeness (QED) is 0.393. The van der Waals surface area contributed by atoms with E-state index in [0.717, 1.165) is 0 Å². The maximum absolute atomic E-state index is 16.0. The van der Waals surface area contributed by atoms with Gasteiger partial charge in [0, 0.05) is 23.2 Å². The van der Waals surface area contributed by atoms with Crippen LogP contribution in [0.3, 0.4) is 0 Å². The van der Waals surface area contributed by atoms with Gasteiger partial charge in [0.15, 0.2) is 22.9 Å². The van der Waals surface area contributed by atoms with Crippen LogP contribution in [0.1, 0.15) is 10.5 Å². The fourth-order valence-electron chi connectivity index (χ4n) is 4.14. The average molecular weight is 481 g/mol. The molecule has 0 atom stereocenters. The van der Waals surface area contributed by atoms with Gasteiger partial charge in [-0.2, -0.15) is 5.10 Å². The Bertz CT molecular complexity index is 1870. The minimum atomic E-state index is -0.799. The third-order valence-corrected chi connectivity index (χ3v) is 5.87. The van der Waals surface area contributed by atoms with Crippen LogP contribution >= 0.6 is 0 Å². The molecule has 0 aliphatic carbocycles. The predicted octanol–water partition coefficient (Wildman–Crippen LogP) is 3.20. The van der Waals surface area contributed by atoms with Gasteiger partial charge in [-0.1, -0.05) is 11.2 Å². The fourth-order valence-corrected chi connectivity index (χ4v) is 4.14. The summed E-state index contributed by atoms with van der Waals surface area (Å²) in [4.78, 5) is 28.6. The number of benzene rings is 2. The summed E-state index contributed by atoms with van der Waals surface area (Å²) in [5, 5.41) is 8.78. The Hall–Kier alpha value is -5.32. The van der Waals surface area contributed by atoms with Gasteiger partial charge in [0.2, 0.25) is 0 Å². The Balaban J connectivity index is 1.53. The highest BCUT2D eigenvalue weighted by atomic mass is 19.1. The normalized spacial score (nSPS) is 11.4. The molecule has 6 aromatic rings. The van der Waals surface area contributed by atoms with Crippen molar-refractivity contribution in [1.29, 1.82) is 0 Å². The first-order valence-corrected chi connectivity index (χ1v) is 10.7. The Labute approximate surface area is 201 Å². The number of amides is 1. The van der Waals surface area contributed by atoms with Gasteiger partial charge in [-0.15, -0.1) is 0 Å². The molecule has 0 spiro atoms. The molecule has 11 heteroatoms. The second-order valence-electron chi connectivity index (χ2n) is 8.01. The van der Waals surface area contributed by atoms with Gasteiger partial charge in [-0.05, 0) is 48.5 Å². The zero-order valence-corrected chi connectivity index (χ0v) is 18.4.